The highest BCUT2D eigenvalue weighted by molar-refractivity contribution is 7.79. The van der Waals surface area contributed by atoms with Crippen LogP contribution in [0.2, 0.25) is 0 Å². The molecule has 0 bridgehead atoms. The van der Waals surface area contributed by atoms with Crippen molar-refractivity contribution in [2.75, 3.05) is 19.7 Å². The van der Waals surface area contributed by atoms with Crippen molar-refractivity contribution >= 4 is 17.0 Å². The zero-order valence-corrected chi connectivity index (χ0v) is 16.9. The van der Waals surface area contributed by atoms with Gasteiger partial charge in [0.1, 0.15) is 5.75 Å². The number of hydroxylamine groups is 1. The van der Waals surface area contributed by atoms with E-state index >= 15 is 0 Å². The SMILES string of the molecule is CCOc1ccccc1C1CCN(C(C(C(=O)NO)C(C)C)S(=O)[O-])CC1. The van der Waals surface area contributed by atoms with Crippen molar-refractivity contribution in [1.82, 2.24) is 10.4 Å². The molecule has 0 saturated carbocycles. The number of para-hydroxylation sites is 1. The van der Waals surface area contributed by atoms with Crippen molar-refractivity contribution < 1.29 is 23.5 Å². The van der Waals surface area contributed by atoms with Crippen molar-refractivity contribution in [1.29, 1.82) is 0 Å². The zero-order chi connectivity index (χ0) is 20.0. The molecule has 152 valence electrons. The van der Waals surface area contributed by atoms with Crippen molar-refractivity contribution in [3.05, 3.63) is 29.8 Å². The first-order chi connectivity index (χ1) is 12.9. The Hall–Kier alpha value is -1.48. The number of hydrogen-bond donors (Lipinski definition) is 2. The van der Waals surface area contributed by atoms with E-state index in [1.807, 2.05) is 30.0 Å². The van der Waals surface area contributed by atoms with Crippen molar-refractivity contribution in [2.24, 2.45) is 11.8 Å². The van der Waals surface area contributed by atoms with E-state index in [9.17, 15) is 13.6 Å². The zero-order valence-electron chi connectivity index (χ0n) is 16.1. The average molecular weight is 398 g/mol. The highest BCUT2D eigenvalue weighted by atomic mass is 32.2. The molecule has 1 aliphatic rings. The molecule has 2 rings (SSSR count). The summed E-state index contributed by atoms with van der Waals surface area (Å²) in [6, 6.07) is 7.95. The molecule has 27 heavy (non-hydrogen) atoms. The molecule has 7 nitrogen and oxygen atoms in total. The molecule has 1 heterocycles. The number of rotatable bonds is 8. The fraction of sp³-hybridized carbons (Fsp3) is 0.632. The maximum atomic E-state index is 12.1. The first kappa shape index (κ1) is 21.8. The Morgan fingerprint density at radius 2 is 2.00 bits per heavy atom. The van der Waals surface area contributed by atoms with Gasteiger partial charge in [-0.2, -0.15) is 0 Å². The maximum Gasteiger partial charge on any atom is 0.249 e. The molecule has 1 saturated heterocycles. The molecule has 1 amide bonds. The Bertz CT molecular complexity index is 647. The highest BCUT2D eigenvalue weighted by Gasteiger charge is 2.38. The second kappa shape index (κ2) is 10.2. The largest absolute Gasteiger partial charge is 0.771 e. The van der Waals surface area contributed by atoms with Crippen LogP contribution in [0.25, 0.3) is 0 Å². The van der Waals surface area contributed by atoms with E-state index in [4.69, 9.17) is 9.94 Å². The van der Waals surface area contributed by atoms with Gasteiger partial charge in [0.15, 0.2) is 0 Å². The summed E-state index contributed by atoms with van der Waals surface area (Å²) >= 11 is -2.46. The summed E-state index contributed by atoms with van der Waals surface area (Å²) in [5, 5.41) is 8.06. The van der Waals surface area contributed by atoms with Crippen LogP contribution in [0.5, 0.6) is 5.75 Å². The molecule has 1 fully saturated rings. The van der Waals surface area contributed by atoms with Crippen LogP contribution < -0.4 is 10.2 Å². The second-order valence-corrected chi connectivity index (χ2v) is 8.18. The number of carbonyl (C=O) groups is 1. The summed E-state index contributed by atoms with van der Waals surface area (Å²) in [5.41, 5.74) is 2.77. The van der Waals surface area contributed by atoms with Crippen molar-refractivity contribution in [2.45, 2.75) is 44.9 Å². The average Bonchev–Trinajstić information content (AvgIpc) is 2.66. The fourth-order valence-corrected chi connectivity index (χ4v) is 5.01. The van der Waals surface area contributed by atoms with Gasteiger partial charge in [0.2, 0.25) is 5.91 Å². The third-order valence-corrected chi connectivity index (χ3v) is 6.17. The number of carbonyl (C=O) groups excluding carboxylic acids is 1. The third-order valence-electron chi connectivity index (χ3n) is 5.18. The van der Waals surface area contributed by atoms with Gasteiger partial charge in [-0.25, -0.2) is 5.48 Å². The fourth-order valence-electron chi connectivity index (χ4n) is 3.87. The number of likely N-dealkylation sites (tertiary alicyclic amines) is 1. The number of nitrogens with one attached hydrogen (secondary N) is 1. The van der Waals surface area contributed by atoms with Gasteiger partial charge in [-0.3, -0.25) is 19.1 Å². The number of amides is 1. The van der Waals surface area contributed by atoms with Crippen LogP contribution in [0.1, 0.15) is 45.1 Å². The van der Waals surface area contributed by atoms with Crippen LogP contribution in [-0.2, 0) is 15.9 Å². The molecule has 8 heteroatoms. The molecule has 0 spiro atoms. The van der Waals surface area contributed by atoms with Gasteiger partial charge in [0, 0.05) is 0 Å². The van der Waals surface area contributed by atoms with Gasteiger partial charge in [-0.1, -0.05) is 32.0 Å². The molecular formula is C19H29N2O5S-. The predicted molar refractivity (Wildman–Crippen MR) is 102 cm³/mol. The maximum absolute atomic E-state index is 12.1. The van der Waals surface area contributed by atoms with Gasteiger partial charge < -0.3 is 9.29 Å². The monoisotopic (exact) mass is 397 g/mol. The summed E-state index contributed by atoms with van der Waals surface area (Å²) in [6.07, 6.45) is 1.56. The van der Waals surface area contributed by atoms with E-state index in [2.05, 4.69) is 6.07 Å². The van der Waals surface area contributed by atoms with Crippen LogP contribution in [0.15, 0.2) is 24.3 Å². The van der Waals surface area contributed by atoms with Crippen molar-refractivity contribution in [3.8, 4) is 5.75 Å². The smallest absolute Gasteiger partial charge is 0.249 e. The van der Waals surface area contributed by atoms with Gasteiger partial charge in [-0.05, 0) is 67.4 Å². The van der Waals surface area contributed by atoms with Crippen LogP contribution in [0.4, 0.5) is 0 Å². The summed E-state index contributed by atoms with van der Waals surface area (Å²) in [4.78, 5) is 13.9. The molecule has 1 aromatic carbocycles. The van der Waals surface area contributed by atoms with Gasteiger partial charge in [0.05, 0.1) is 17.9 Å². The normalized spacial score (nSPS) is 19.5. The number of ether oxygens (including phenoxy) is 1. The topological polar surface area (TPSA) is 102 Å². The van der Waals surface area contributed by atoms with E-state index in [1.165, 1.54) is 0 Å². The summed E-state index contributed by atoms with van der Waals surface area (Å²) < 4.78 is 29.6. The number of piperidine rings is 1. The lowest BCUT2D eigenvalue weighted by molar-refractivity contribution is -0.136. The summed E-state index contributed by atoms with van der Waals surface area (Å²) in [7, 11) is 0. The van der Waals surface area contributed by atoms with E-state index in [1.54, 1.807) is 19.3 Å². The highest BCUT2D eigenvalue weighted by Crippen LogP contribution is 2.36. The van der Waals surface area contributed by atoms with Gasteiger partial charge >= 0.3 is 0 Å². The van der Waals surface area contributed by atoms with Crippen LogP contribution in [0.3, 0.4) is 0 Å². The van der Waals surface area contributed by atoms with Crippen molar-refractivity contribution in [3.63, 3.8) is 0 Å². The van der Waals surface area contributed by atoms with E-state index in [-0.39, 0.29) is 11.8 Å². The Balaban J connectivity index is 2.14. The predicted octanol–water partition coefficient (Wildman–Crippen LogP) is 2.25. The second-order valence-electron chi connectivity index (χ2n) is 7.18. The van der Waals surface area contributed by atoms with E-state index in [0.717, 1.165) is 24.2 Å². The Morgan fingerprint density at radius 1 is 1.37 bits per heavy atom. The van der Waals surface area contributed by atoms with Crippen LogP contribution in [0, 0.1) is 11.8 Å². The standard InChI is InChI=1S/C19H30N2O5S/c1-4-26-16-8-6-5-7-15(16)14-9-11-21(12-10-14)19(27(24)25)17(13(2)3)18(22)20-23/h5-8,13-14,17,19,23H,4,9-12H2,1-3H3,(H,20,22)(H,24,25)/p-1. The van der Waals surface area contributed by atoms with E-state index < -0.39 is 28.3 Å². The molecule has 2 N–H and O–H groups in total. The lowest BCUT2D eigenvalue weighted by atomic mass is 9.87. The third kappa shape index (κ3) is 5.28. The molecule has 0 radical (unpaired) electrons. The first-order valence-electron chi connectivity index (χ1n) is 9.38. The Morgan fingerprint density at radius 3 is 2.52 bits per heavy atom. The van der Waals surface area contributed by atoms with Crippen LogP contribution in [-0.4, -0.2) is 49.8 Å². The molecular weight excluding hydrogens is 368 g/mol. The summed E-state index contributed by atoms with van der Waals surface area (Å²) in [5.74, 6) is -0.559. The lowest BCUT2D eigenvalue weighted by Crippen LogP contribution is -2.52. The molecule has 3 unspecified atom stereocenters. The number of hydrogen-bond acceptors (Lipinski definition) is 6. The van der Waals surface area contributed by atoms with Gasteiger partial charge in [0.25, 0.3) is 0 Å². The molecule has 0 aromatic heterocycles. The minimum absolute atomic E-state index is 0.226. The summed E-state index contributed by atoms with van der Waals surface area (Å²) in [6.45, 7) is 7.23. The molecule has 3 atom stereocenters. The quantitative estimate of drug-likeness (QED) is 0.396. The van der Waals surface area contributed by atoms with E-state index in [0.29, 0.717) is 19.7 Å². The minimum atomic E-state index is -2.46. The Kier molecular flexibility index (Phi) is 8.22. The molecule has 1 aromatic rings. The molecule has 0 aliphatic carbocycles. The number of nitrogens with zero attached hydrogens (tertiary/aromatic N) is 1. The Labute approximate surface area is 163 Å². The van der Waals surface area contributed by atoms with Gasteiger partial charge in [-0.15, -0.1) is 0 Å². The minimum Gasteiger partial charge on any atom is -0.771 e. The first-order valence-corrected chi connectivity index (χ1v) is 10.5. The number of benzene rings is 1. The van der Waals surface area contributed by atoms with Crippen LogP contribution >= 0.6 is 0 Å². The molecule has 1 aliphatic heterocycles. The lowest BCUT2D eigenvalue weighted by Gasteiger charge is -2.42.